The lowest BCUT2D eigenvalue weighted by atomic mass is 9.46. The summed E-state index contributed by atoms with van der Waals surface area (Å²) in [6.45, 7) is -0.236. The van der Waals surface area contributed by atoms with Gasteiger partial charge >= 0.3 is 11.8 Å². The van der Waals surface area contributed by atoms with Crippen molar-refractivity contribution in [3.05, 3.63) is 50.6 Å². The van der Waals surface area contributed by atoms with Crippen LogP contribution in [0.2, 0.25) is 0 Å². The predicted octanol–water partition coefficient (Wildman–Crippen LogP) is 2.97. The molecule has 2 unspecified atom stereocenters. The average molecular weight is 575 g/mol. The summed E-state index contributed by atoms with van der Waals surface area (Å²) < 4.78 is 7.34. The number of ether oxygens (including phenoxy) is 1. The highest BCUT2D eigenvalue weighted by Crippen LogP contribution is 2.65. The summed E-state index contributed by atoms with van der Waals surface area (Å²) in [4.78, 5) is 39.8. The molecular weight excluding hydrogens is 548 g/mol. The van der Waals surface area contributed by atoms with Crippen LogP contribution in [0, 0.1) is 27.4 Å². The monoisotopic (exact) mass is 574 g/mol. The lowest BCUT2D eigenvalue weighted by Crippen LogP contribution is -2.57. The lowest BCUT2D eigenvalue weighted by molar-refractivity contribution is -0.390. The van der Waals surface area contributed by atoms with Gasteiger partial charge in [0.05, 0.1) is 23.3 Å². The number of hydrogen-bond acceptors (Lipinski definition) is 8. The van der Waals surface area contributed by atoms with Crippen molar-refractivity contribution in [2.45, 2.75) is 50.5 Å². The number of aromatic nitrogens is 2. The fourth-order valence-electron chi connectivity index (χ4n) is 6.95. The van der Waals surface area contributed by atoms with Crippen molar-refractivity contribution in [3.63, 3.8) is 0 Å². The quantitative estimate of drug-likeness (QED) is 0.151. The fraction of sp³-hybridized carbons (Fsp3) is 0.500. The first kappa shape index (κ1) is 25.2. The van der Waals surface area contributed by atoms with Gasteiger partial charge in [-0.1, -0.05) is 5.16 Å². The van der Waals surface area contributed by atoms with Crippen LogP contribution in [0.3, 0.4) is 0 Å². The minimum atomic E-state index is -0.583. The van der Waals surface area contributed by atoms with Gasteiger partial charge < -0.3 is 31.2 Å². The van der Waals surface area contributed by atoms with E-state index in [9.17, 15) is 19.7 Å². The molecule has 0 radical (unpaired) electrons. The van der Waals surface area contributed by atoms with Crippen LogP contribution in [0.15, 0.2) is 40.1 Å². The van der Waals surface area contributed by atoms with Gasteiger partial charge in [-0.25, -0.2) is 4.79 Å². The van der Waals surface area contributed by atoms with Gasteiger partial charge in [-0.05, 0) is 101 Å². The largest absolute Gasteiger partial charge is 0.484 e. The first-order chi connectivity index (χ1) is 17.6. The van der Waals surface area contributed by atoms with Crippen LogP contribution in [0.25, 0.3) is 0 Å². The number of hydrogen-bond donors (Lipinski definition) is 2. The zero-order valence-corrected chi connectivity index (χ0v) is 21.6. The topological polar surface area (TPSA) is 178 Å². The summed E-state index contributed by atoms with van der Waals surface area (Å²) in [5.41, 5.74) is 11.0. The van der Waals surface area contributed by atoms with Crippen molar-refractivity contribution in [3.8, 4) is 5.75 Å². The van der Waals surface area contributed by atoms with E-state index < -0.39 is 16.8 Å². The van der Waals surface area contributed by atoms with Gasteiger partial charge in [-0.15, -0.1) is 0 Å². The van der Waals surface area contributed by atoms with E-state index in [1.165, 1.54) is 0 Å². The molecule has 196 valence electrons. The van der Waals surface area contributed by atoms with Crippen molar-refractivity contribution in [1.82, 2.24) is 9.78 Å². The Morgan fingerprint density at radius 1 is 1.19 bits per heavy atom. The zero-order valence-electron chi connectivity index (χ0n) is 20.0. The predicted molar refractivity (Wildman–Crippen MR) is 134 cm³/mol. The maximum atomic E-state index is 12.9. The molecule has 1 heterocycles. The van der Waals surface area contributed by atoms with Crippen LogP contribution in [-0.4, -0.2) is 39.0 Å². The van der Waals surface area contributed by atoms with E-state index in [0.717, 1.165) is 32.1 Å². The van der Waals surface area contributed by atoms with Gasteiger partial charge in [0.25, 0.3) is 5.91 Å². The number of nitro groups is 1. The Morgan fingerprint density at radius 2 is 1.86 bits per heavy atom. The second-order valence-electron chi connectivity index (χ2n) is 10.6. The molecule has 13 heteroatoms. The summed E-state index contributed by atoms with van der Waals surface area (Å²) in [6, 6.07) is 6.48. The molecule has 0 spiro atoms. The number of amides is 1. The Balaban J connectivity index is 1.27. The SMILES string of the molecule is NC(=O)COc1ccc(/C(N)=N/OC(=O)CC23CC4CC(C2)CC(n2cc(Br)c([N+](=O)[O-])n2)(C4)C3)cc1. The Morgan fingerprint density at radius 3 is 2.46 bits per heavy atom. The number of carbonyl (C=O) groups is 2. The summed E-state index contributed by atoms with van der Waals surface area (Å²) in [6.07, 6.45) is 7.33. The molecule has 1 amide bonds. The highest BCUT2D eigenvalue weighted by atomic mass is 79.9. The highest BCUT2D eigenvalue weighted by Gasteiger charge is 2.60. The van der Waals surface area contributed by atoms with Crippen molar-refractivity contribution in [1.29, 1.82) is 0 Å². The smallest absolute Gasteiger partial charge is 0.404 e. The maximum absolute atomic E-state index is 12.9. The van der Waals surface area contributed by atoms with E-state index >= 15 is 0 Å². The van der Waals surface area contributed by atoms with Crippen LogP contribution < -0.4 is 16.2 Å². The number of nitrogens with two attached hydrogens (primary N) is 2. The number of carbonyl (C=O) groups excluding carboxylic acids is 2. The molecule has 37 heavy (non-hydrogen) atoms. The molecule has 12 nitrogen and oxygen atoms in total. The highest BCUT2D eigenvalue weighted by molar-refractivity contribution is 9.10. The summed E-state index contributed by atoms with van der Waals surface area (Å²) >= 11 is 3.27. The number of nitrogens with zero attached hydrogens (tertiary/aromatic N) is 4. The molecule has 4 saturated carbocycles. The Hall–Kier alpha value is -3.48. The van der Waals surface area contributed by atoms with Crippen LogP contribution in [0.1, 0.15) is 50.5 Å². The molecule has 4 fully saturated rings. The Labute approximate surface area is 220 Å². The van der Waals surface area contributed by atoms with Crippen molar-refractivity contribution in [2.75, 3.05) is 6.61 Å². The van der Waals surface area contributed by atoms with Gasteiger partial charge in [0.2, 0.25) is 0 Å². The zero-order chi connectivity index (χ0) is 26.4. The van der Waals surface area contributed by atoms with Gasteiger partial charge in [-0.3, -0.25) is 4.79 Å². The molecule has 4 aliphatic rings. The molecule has 4 aliphatic carbocycles. The number of oxime groups is 1. The van der Waals surface area contributed by atoms with Crippen LogP contribution in [0.5, 0.6) is 5.75 Å². The molecule has 0 saturated heterocycles. The second kappa shape index (κ2) is 9.43. The molecule has 1 aromatic heterocycles. The maximum Gasteiger partial charge on any atom is 0.404 e. The van der Waals surface area contributed by atoms with E-state index in [0.29, 0.717) is 34.0 Å². The summed E-state index contributed by atoms with van der Waals surface area (Å²) in [5.74, 6) is 0.0967. The number of rotatable bonds is 9. The first-order valence-electron chi connectivity index (χ1n) is 12.0. The first-order valence-corrected chi connectivity index (χ1v) is 12.8. The number of primary amides is 1. The average Bonchev–Trinajstić information content (AvgIpc) is 3.23. The van der Waals surface area contributed by atoms with E-state index in [4.69, 9.17) is 21.0 Å². The molecule has 4 bridgehead atoms. The Bertz CT molecular complexity index is 1260. The molecule has 2 atom stereocenters. The van der Waals surface area contributed by atoms with Gasteiger partial charge in [0.15, 0.2) is 12.4 Å². The van der Waals surface area contributed by atoms with E-state index in [-0.39, 0.29) is 35.6 Å². The Kier molecular flexibility index (Phi) is 6.42. The van der Waals surface area contributed by atoms with Crippen LogP contribution in [0.4, 0.5) is 5.82 Å². The summed E-state index contributed by atoms with van der Waals surface area (Å²) in [7, 11) is 0. The summed E-state index contributed by atoms with van der Waals surface area (Å²) in [5, 5.41) is 19.5. The lowest BCUT2D eigenvalue weighted by Gasteiger charge is -2.60. The third-order valence-corrected chi connectivity index (χ3v) is 8.32. The van der Waals surface area contributed by atoms with Gasteiger partial charge in [-0.2, -0.15) is 4.68 Å². The van der Waals surface area contributed by atoms with Crippen molar-refractivity contribution in [2.24, 2.45) is 33.9 Å². The van der Waals surface area contributed by atoms with E-state index in [1.807, 2.05) is 0 Å². The molecule has 2 aromatic rings. The van der Waals surface area contributed by atoms with Crippen molar-refractivity contribution >= 4 is 39.5 Å². The molecular formula is C24H27BrN6O6. The van der Waals surface area contributed by atoms with Crippen LogP contribution >= 0.6 is 15.9 Å². The fourth-order valence-corrected chi connectivity index (χ4v) is 7.37. The molecule has 0 aliphatic heterocycles. The molecule has 6 rings (SSSR count). The number of halogens is 1. The minimum Gasteiger partial charge on any atom is -0.484 e. The second-order valence-corrected chi connectivity index (χ2v) is 11.4. The molecule has 1 aromatic carbocycles. The standard InChI is InChI=1S/C24H27BrN6O6/c25-18-11-30(28-22(18)31(34)35)24-8-14-5-15(9-24)7-23(6-14,13-24)10-20(33)37-29-21(27)16-1-3-17(4-2-16)36-12-19(26)32/h1-4,11,14-15H,5-10,12-13H2,(H2,26,32)(H2,27,29). The van der Waals surface area contributed by atoms with Crippen LogP contribution in [-0.2, 0) is 20.0 Å². The van der Waals surface area contributed by atoms with E-state index in [1.54, 1.807) is 35.1 Å². The normalized spacial score (nSPS) is 28.2. The number of benzene rings is 1. The van der Waals surface area contributed by atoms with Gasteiger partial charge in [0, 0.05) is 5.56 Å². The van der Waals surface area contributed by atoms with Gasteiger partial charge in [0.1, 0.15) is 10.2 Å². The number of amidine groups is 1. The van der Waals surface area contributed by atoms with E-state index in [2.05, 4.69) is 26.2 Å². The van der Waals surface area contributed by atoms with Crippen molar-refractivity contribution < 1.29 is 24.1 Å². The minimum absolute atomic E-state index is 0.0329. The third-order valence-electron chi connectivity index (χ3n) is 7.76. The molecule has 4 N–H and O–H groups in total. The third kappa shape index (κ3) is 5.04.